The summed E-state index contributed by atoms with van der Waals surface area (Å²) in [7, 11) is 6.82. The van der Waals surface area contributed by atoms with E-state index in [9.17, 15) is 0 Å². The smallest absolute Gasteiger partial charge is 0.0783 e. The minimum atomic E-state index is 0. The van der Waals surface area contributed by atoms with Gasteiger partial charge in [-0.25, -0.2) is 0 Å². The van der Waals surface area contributed by atoms with Gasteiger partial charge >= 0.3 is 0 Å². The SMILES string of the molecule is CC(C)=CCC/C(C)=C/CC/C(C)=C/CC/C=C(\C)CC/C=C(\C)CCC[N+](C)(C)C.[Cl-]. The first kappa shape index (κ1) is 33.1. The van der Waals surface area contributed by atoms with Gasteiger partial charge < -0.3 is 16.9 Å². The van der Waals surface area contributed by atoms with E-state index in [-0.39, 0.29) is 12.4 Å². The van der Waals surface area contributed by atoms with Crippen molar-refractivity contribution < 1.29 is 16.9 Å². The van der Waals surface area contributed by atoms with E-state index >= 15 is 0 Å². The van der Waals surface area contributed by atoms with E-state index in [1.807, 2.05) is 0 Å². The highest BCUT2D eigenvalue weighted by Crippen LogP contribution is 2.14. The van der Waals surface area contributed by atoms with Crippen LogP contribution in [-0.2, 0) is 0 Å². The Morgan fingerprint density at radius 1 is 0.500 bits per heavy atom. The lowest BCUT2D eigenvalue weighted by Crippen LogP contribution is -3.00. The van der Waals surface area contributed by atoms with Crippen LogP contribution in [0.1, 0.15) is 106 Å². The molecule has 0 atom stereocenters. The van der Waals surface area contributed by atoms with E-state index in [4.69, 9.17) is 0 Å². The highest BCUT2D eigenvalue weighted by Gasteiger charge is 2.05. The molecule has 0 N–H and O–H groups in total. The molecule has 0 aliphatic rings. The molecule has 0 fully saturated rings. The van der Waals surface area contributed by atoms with Crippen molar-refractivity contribution in [3.63, 3.8) is 0 Å². The Kier molecular flexibility index (Phi) is 20.1. The monoisotopic (exact) mass is 463 g/mol. The van der Waals surface area contributed by atoms with Crippen molar-refractivity contribution in [1.29, 1.82) is 0 Å². The molecule has 0 rings (SSSR count). The molecule has 0 aliphatic carbocycles. The fourth-order valence-electron chi connectivity index (χ4n) is 3.58. The van der Waals surface area contributed by atoms with Gasteiger partial charge in [0.1, 0.15) is 0 Å². The van der Waals surface area contributed by atoms with Gasteiger partial charge in [-0.1, -0.05) is 58.2 Å². The second-order valence-corrected chi connectivity index (χ2v) is 10.8. The summed E-state index contributed by atoms with van der Waals surface area (Å²) in [5, 5.41) is 0. The summed E-state index contributed by atoms with van der Waals surface area (Å²) >= 11 is 0. The summed E-state index contributed by atoms with van der Waals surface area (Å²) in [6.07, 6.45) is 24.1. The normalized spacial score (nSPS) is 13.8. The summed E-state index contributed by atoms with van der Waals surface area (Å²) in [4.78, 5) is 0. The van der Waals surface area contributed by atoms with E-state index in [0.717, 1.165) is 4.48 Å². The number of rotatable bonds is 16. The van der Waals surface area contributed by atoms with Crippen molar-refractivity contribution >= 4 is 0 Å². The number of unbranched alkanes of at least 4 members (excludes halogenated alkanes) is 1. The number of nitrogens with zero attached hydrogens (tertiary/aromatic N) is 1. The Bertz CT molecular complexity index is 634. The predicted molar refractivity (Wildman–Crippen MR) is 144 cm³/mol. The molecule has 0 heterocycles. The van der Waals surface area contributed by atoms with Crippen LogP contribution in [0.2, 0.25) is 0 Å². The molecule has 0 aromatic heterocycles. The van der Waals surface area contributed by atoms with Crippen LogP contribution < -0.4 is 12.4 Å². The maximum atomic E-state index is 2.45. The van der Waals surface area contributed by atoms with Crippen LogP contribution in [0, 0.1) is 0 Å². The Morgan fingerprint density at radius 2 is 0.844 bits per heavy atom. The summed E-state index contributed by atoms with van der Waals surface area (Å²) in [6.45, 7) is 14.8. The highest BCUT2D eigenvalue weighted by molar-refractivity contribution is 5.07. The van der Waals surface area contributed by atoms with E-state index in [2.05, 4.69) is 93.1 Å². The van der Waals surface area contributed by atoms with Crippen molar-refractivity contribution in [1.82, 2.24) is 0 Å². The predicted octanol–water partition coefficient (Wildman–Crippen LogP) is 6.35. The topological polar surface area (TPSA) is 0 Å². The van der Waals surface area contributed by atoms with Crippen LogP contribution in [-0.4, -0.2) is 32.2 Å². The van der Waals surface area contributed by atoms with E-state index in [0.29, 0.717) is 0 Å². The average Bonchev–Trinajstić information content (AvgIpc) is 2.64. The zero-order chi connectivity index (χ0) is 23.7. The van der Waals surface area contributed by atoms with Gasteiger partial charge in [0.15, 0.2) is 0 Å². The quantitative estimate of drug-likeness (QED) is 0.142. The second kappa shape index (κ2) is 19.4. The standard InChI is InChI=1S/C30H54N.ClH/c1-26(2)16-12-19-29(5)22-13-20-27(3)17-10-11-18-28(4)21-14-23-30(6)24-15-25-31(7,8)9;/h16-18,22-23H,10-15,19-21,24-25H2,1-9H3;1H/q+1;/p-1/b27-17+,28-18+,29-22+,30-23+;. The van der Waals surface area contributed by atoms with Crippen LogP contribution in [0.15, 0.2) is 58.2 Å². The number of quaternary nitrogens is 1. The van der Waals surface area contributed by atoms with Crippen molar-refractivity contribution in [2.24, 2.45) is 0 Å². The third-order valence-corrected chi connectivity index (χ3v) is 5.71. The highest BCUT2D eigenvalue weighted by atomic mass is 35.5. The molecule has 0 aliphatic heterocycles. The fourth-order valence-corrected chi connectivity index (χ4v) is 3.58. The Morgan fingerprint density at radius 3 is 1.22 bits per heavy atom. The fraction of sp³-hybridized carbons (Fsp3) is 0.667. The molecule has 0 amide bonds. The summed E-state index contributed by atoms with van der Waals surface area (Å²) in [5.41, 5.74) is 7.58. The summed E-state index contributed by atoms with van der Waals surface area (Å²) in [6, 6.07) is 0. The second-order valence-electron chi connectivity index (χ2n) is 10.8. The van der Waals surface area contributed by atoms with Gasteiger partial charge in [-0.15, -0.1) is 0 Å². The third kappa shape index (κ3) is 23.6. The van der Waals surface area contributed by atoms with Crippen molar-refractivity contribution in [3.8, 4) is 0 Å². The van der Waals surface area contributed by atoms with Gasteiger partial charge in [0.05, 0.1) is 27.7 Å². The maximum absolute atomic E-state index is 2.45. The lowest BCUT2D eigenvalue weighted by molar-refractivity contribution is -0.870. The van der Waals surface area contributed by atoms with E-state index in [1.54, 1.807) is 5.57 Å². The minimum absolute atomic E-state index is 0. The first-order valence-electron chi connectivity index (χ1n) is 12.6. The van der Waals surface area contributed by atoms with Gasteiger partial charge in [-0.3, -0.25) is 0 Å². The molecule has 0 aromatic rings. The van der Waals surface area contributed by atoms with Gasteiger partial charge in [0.25, 0.3) is 0 Å². The molecule has 0 bridgehead atoms. The third-order valence-electron chi connectivity index (χ3n) is 5.71. The van der Waals surface area contributed by atoms with Gasteiger partial charge in [-0.05, 0) is 99.3 Å². The van der Waals surface area contributed by atoms with Gasteiger partial charge in [-0.2, -0.15) is 0 Å². The van der Waals surface area contributed by atoms with Crippen LogP contribution in [0.3, 0.4) is 0 Å². The summed E-state index contributed by atoms with van der Waals surface area (Å²) in [5.74, 6) is 0. The van der Waals surface area contributed by atoms with Crippen molar-refractivity contribution in [2.45, 2.75) is 106 Å². The Hall–Kier alpha value is -1.05. The lowest BCUT2D eigenvalue weighted by atomic mass is 10.0. The molecule has 32 heavy (non-hydrogen) atoms. The molecule has 2 heteroatoms. The molecular weight excluding hydrogens is 410 g/mol. The molecule has 0 saturated heterocycles. The zero-order valence-electron chi connectivity index (χ0n) is 23.0. The molecular formula is C30H54ClN. The molecule has 0 radical (unpaired) electrons. The number of allylic oxidation sites excluding steroid dienone is 10. The summed E-state index contributed by atoms with van der Waals surface area (Å²) < 4.78 is 1.07. The average molecular weight is 464 g/mol. The van der Waals surface area contributed by atoms with Crippen LogP contribution >= 0.6 is 0 Å². The van der Waals surface area contributed by atoms with E-state index in [1.165, 1.54) is 93.0 Å². The van der Waals surface area contributed by atoms with E-state index < -0.39 is 0 Å². The van der Waals surface area contributed by atoms with Gasteiger partial charge in [0, 0.05) is 6.42 Å². The zero-order valence-corrected chi connectivity index (χ0v) is 23.7. The van der Waals surface area contributed by atoms with Crippen LogP contribution in [0.25, 0.3) is 0 Å². The number of hydrogen-bond acceptors (Lipinski definition) is 0. The number of hydrogen-bond donors (Lipinski definition) is 0. The van der Waals surface area contributed by atoms with Crippen LogP contribution in [0.4, 0.5) is 0 Å². The largest absolute Gasteiger partial charge is 1.00 e. The first-order chi connectivity index (χ1) is 14.5. The number of halogens is 1. The minimum Gasteiger partial charge on any atom is -1.00 e. The Balaban J connectivity index is 0. The molecule has 0 aromatic carbocycles. The van der Waals surface area contributed by atoms with Crippen LogP contribution in [0.5, 0.6) is 0 Å². The lowest BCUT2D eigenvalue weighted by Gasteiger charge is -2.23. The molecule has 1 nitrogen and oxygen atoms in total. The maximum Gasteiger partial charge on any atom is 0.0783 e. The van der Waals surface area contributed by atoms with Crippen molar-refractivity contribution in [3.05, 3.63) is 58.2 Å². The molecule has 0 spiro atoms. The Labute approximate surface area is 208 Å². The molecule has 0 saturated carbocycles. The first-order valence-corrected chi connectivity index (χ1v) is 12.6. The molecule has 186 valence electrons. The molecule has 0 unspecified atom stereocenters. The van der Waals surface area contributed by atoms with Crippen molar-refractivity contribution in [2.75, 3.05) is 27.7 Å². The van der Waals surface area contributed by atoms with Gasteiger partial charge in [0.2, 0.25) is 0 Å².